The van der Waals surface area contributed by atoms with Crippen molar-refractivity contribution in [1.29, 1.82) is 0 Å². The van der Waals surface area contributed by atoms with Gasteiger partial charge in [-0.1, -0.05) is 48.6 Å². The molecule has 0 spiro atoms. The highest BCUT2D eigenvalue weighted by molar-refractivity contribution is 6.62. The summed E-state index contributed by atoms with van der Waals surface area (Å²) in [5, 5.41) is 2.48. The van der Waals surface area contributed by atoms with Gasteiger partial charge in [-0.05, 0) is 74.0 Å². The maximum absolute atomic E-state index is 6.18. The molecule has 1 saturated heterocycles. The normalized spacial score (nSPS) is 21.6. The molecule has 1 heterocycles. The summed E-state index contributed by atoms with van der Waals surface area (Å²) < 4.78 is 12.4. The molecule has 128 valence electrons. The van der Waals surface area contributed by atoms with Gasteiger partial charge in [-0.25, -0.2) is 0 Å². The van der Waals surface area contributed by atoms with Crippen molar-refractivity contribution in [3.8, 4) is 0 Å². The highest BCUT2D eigenvalue weighted by atomic mass is 16.7. The molecule has 0 aromatic heterocycles. The van der Waals surface area contributed by atoms with E-state index in [2.05, 4.69) is 82.3 Å². The first-order valence-corrected chi connectivity index (χ1v) is 9.11. The molecule has 0 saturated carbocycles. The summed E-state index contributed by atoms with van der Waals surface area (Å²) in [5.74, 6) is 0. The molecule has 0 bridgehead atoms. The molecular formula is C22H25BO2. The molecule has 25 heavy (non-hydrogen) atoms. The molecule has 1 aliphatic carbocycles. The second kappa shape index (κ2) is 5.86. The van der Waals surface area contributed by atoms with Crippen LogP contribution in [0.1, 0.15) is 46.1 Å². The highest BCUT2D eigenvalue weighted by Crippen LogP contribution is 2.36. The predicted molar refractivity (Wildman–Crippen MR) is 106 cm³/mol. The number of hydrogen-bond donors (Lipinski definition) is 0. The maximum atomic E-state index is 6.18. The van der Waals surface area contributed by atoms with E-state index >= 15 is 0 Å². The second-order valence-corrected chi connectivity index (χ2v) is 8.07. The molecule has 2 aromatic carbocycles. The van der Waals surface area contributed by atoms with Gasteiger partial charge in [0.1, 0.15) is 0 Å². The Hall–Kier alpha value is -1.84. The van der Waals surface area contributed by atoms with Crippen molar-refractivity contribution in [1.82, 2.24) is 0 Å². The third kappa shape index (κ3) is 2.96. The lowest BCUT2D eigenvalue weighted by Gasteiger charge is -2.32. The molecule has 0 radical (unpaired) electrons. The van der Waals surface area contributed by atoms with Crippen molar-refractivity contribution >= 4 is 28.9 Å². The average Bonchev–Trinajstić information content (AvgIpc) is 2.82. The summed E-state index contributed by atoms with van der Waals surface area (Å²) in [6.07, 6.45) is 8.86. The van der Waals surface area contributed by atoms with E-state index in [-0.39, 0.29) is 18.3 Å². The average molecular weight is 332 g/mol. The Bertz CT molecular complexity index is 861. The molecule has 3 heteroatoms. The van der Waals surface area contributed by atoms with Crippen molar-refractivity contribution < 1.29 is 9.31 Å². The van der Waals surface area contributed by atoms with Crippen LogP contribution in [0.5, 0.6) is 0 Å². The monoisotopic (exact) mass is 332 g/mol. The Balaban J connectivity index is 1.66. The van der Waals surface area contributed by atoms with E-state index in [0.29, 0.717) is 0 Å². The van der Waals surface area contributed by atoms with E-state index in [9.17, 15) is 0 Å². The summed E-state index contributed by atoms with van der Waals surface area (Å²) in [5.41, 5.74) is 3.20. The summed E-state index contributed by atoms with van der Waals surface area (Å²) in [7, 11) is -0.305. The predicted octanol–water partition coefficient (Wildman–Crippen LogP) is 4.87. The fourth-order valence-corrected chi connectivity index (χ4v) is 3.43. The van der Waals surface area contributed by atoms with Gasteiger partial charge in [-0.3, -0.25) is 0 Å². The minimum absolute atomic E-state index is 0.305. The number of rotatable bonds is 2. The third-order valence-electron chi connectivity index (χ3n) is 5.77. The lowest BCUT2D eigenvalue weighted by molar-refractivity contribution is 0.00578. The Morgan fingerprint density at radius 3 is 2.24 bits per heavy atom. The Kier molecular flexibility index (Phi) is 3.90. The number of allylic oxidation sites excluding steroid dienone is 4. The summed E-state index contributed by atoms with van der Waals surface area (Å²) in [4.78, 5) is 0. The first-order chi connectivity index (χ1) is 11.9. The fourth-order valence-electron chi connectivity index (χ4n) is 3.43. The van der Waals surface area contributed by atoms with Crippen molar-refractivity contribution in [2.75, 3.05) is 0 Å². The molecule has 0 atom stereocenters. The summed E-state index contributed by atoms with van der Waals surface area (Å²) in [6.45, 7) is 8.36. The van der Waals surface area contributed by atoms with E-state index in [1.165, 1.54) is 21.9 Å². The van der Waals surface area contributed by atoms with Crippen molar-refractivity contribution in [3.05, 3.63) is 60.2 Å². The highest BCUT2D eigenvalue weighted by Gasteiger charge is 2.51. The smallest absolute Gasteiger partial charge is 0.399 e. The van der Waals surface area contributed by atoms with Gasteiger partial charge in [0.05, 0.1) is 11.2 Å². The number of hydrogen-bond acceptors (Lipinski definition) is 2. The van der Waals surface area contributed by atoms with Gasteiger partial charge < -0.3 is 9.31 Å². The van der Waals surface area contributed by atoms with E-state index in [0.717, 1.165) is 18.3 Å². The van der Waals surface area contributed by atoms with Crippen LogP contribution in [0.4, 0.5) is 0 Å². The first-order valence-electron chi connectivity index (χ1n) is 9.11. The molecule has 2 nitrogen and oxygen atoms in total. The van der Waals surface area contributed by atoms with Crippen molar-refractivity contribution in [2.24, 2.45) is 0 Å². The van der Waals surface area contributed by atoms with E-state index in [4.69, 9.17) is 9.31 Å². The summed E-state index contributed by atoms with van der Waals surface area (Å²) in [6, 6.07) is 13.2. The van der Waals surface area contributed by atoms with Crippen LogP contribution in [0.15, 0.2) is 54.6 Å². The van der Waals surface area contributed by atoms with Crippen molar-refractivity contribution in [3.63, 3.8) is 0 Å². The zero-order valence-electron chi connectivity index (χ0n) is 15.5. The molecule has 1 aliphatic heterocycles. The maximum Gasteiger partial charge on any atom is 0.494 e. The van der Waals surface area contributed by atoms with Gasteiger partial charge in [-0.15, -0.1) is 0 Å². The SMILES string of the molecule is CC1(C)OB(c2ccc3cc(C4=CC=CCC4)ccc3c2)OC1(C)C. The second-order valence-electron chi connectivity index (χ2n) is 8.07. The summed E-state index contributed by atoms with van der Waals surface area (Å²) >= 11 is 0. The quantitative estimate of drug-likeness (QED) is 0.730. The molecule has 2 aliphatic rings. The Morgan fingerprint density at radius 1 is 0.880 bits per heavy atom. The molecule has 0 N–H and O–H groups in total. The topological polar surface area (TPSA) is 18.5 Å². The van der Waals surface area contributed by atoms with Crippen LogP contribution in [0.25, 0.3) is 16.3 Å². The van der Waals surface area contributed by atoms with E-state index < -0.39 is 0 Å². The minimum Gasteiger partial charge on any atom is -0.399 e. The lowest BCUT2D eigenvalue weighted by atomic mass is 9.78. The van der Waals surface area contributed by atoms with Gasteiger partial charge in [-0.2, -0.15) is 0 Å². The largest absolute Gasteiger partial charge is 0.494 e. The standard InChI is InChI=1S/C22H25BO2/c1-21(2)22(3,4)25-23(24-21)20-13-12-18-14-17(10-11-19(18)15-20)16-8-6-5-7-9-16/h5-6,8,10-15H,7,9H2,1-4H3. The van der Waals surface area contributed by atoms with Gasteiger partial charge in [0.25, 0.3) is 0 Å². The molecule has 2 aromatic rings. The van der Waals surface area contributed by atoms with Crippen LogP contribution in [-0.2, 0) is 9.31 Å². The van der Waals surface area contributed by atoms with Gasteiger partial charge in [0, 0.05) is 0 Å². The Labute approximate surface area is 150 Å². The van der Waals surface area contributed by atoms with Crippen LogP contribution in [0.2, 0.25) is 0 Å². The molecule has 1 fully saturated rings. The van der Waals surface area contributed by atoms with E-state index in [1.54, 1.807) is 0 Å². The zero-order valence-corrected chi connectivity index (χ0v) is 15.5. The van der Waals surface area contributed by atoms with Gasteiger partial charge >= 0.3 is 7.12 Å². The number of benzene rings is 2. The van der Waals surface area contributed by atoms with Crippen LogP contribution in [-0.4, -0.2) is 18.3 Å². The van der Waals surface area contributed by atoms with Crippen LogP contribution in [0.3, 0.4) is 0 Å². The van der Waals surface area contributed by atoms with E-state index in [1.807, 2.05) is 0 Å². The molecule has 4 rings (SSSR count). The Morgan fingerprint density at radius 2 is 1.56 bits per heavy atom. The fraction of sp³-hybridized carbons (Fsp3) is 0.364. The van der Waals surface area contributed by atoms with Crippen LogP contribution in [0, 0.1) is 0 Å². The number of fused-ring (bicyclic) bond motifs is 1. The van der Waals surface area contributed by atoms with Crippen LogP contribution >= 0.6 is 0 Å². The van der Waals surface area contributed by atoms with Crippen molar-refractivity contribution in [2.45, 2.75) is 51.7 Å². The molecule has 0 amide bonds. The third-order valence-corrected chi connectivity index (χ3v) is 5.77. The van der Waals surface area contributed by atoms with Gasteiger partial charge in [0.2, 0.25) is 0 Å². The zero-order chi connectivity index (χ0) is 17.7. The molecular weight excluding hydrogens is 307 g/mol. The van der Waals surface area contributed by atoms with Crippen LogP contribution < -0.4 is 5.46 Å². The lowest BCUT2D eigenvalue weighted by Crippen LogP contribution is -2.41. The van der Waals surface area contributed by atoms with Gasteiger partial charge in [0.15, 0.2) is 0 Å². The molecule has 0 unspecified atom stereocenters. The first kappa shape index (κ1) is 16.6. The minimum atomic E-state index is -0.308.